The summed E-state index contributed by atoms with van der Waals surface area (Å²) in [4.78, 5) is 7.82. The standard InChI is InChI=1S/C7H9NO3/c1-10-7-3-2-6(4-8-7)5-11-9/h2-4,9H,5H2,1H3. The second-order valence-corrected chi connectivity index (χ2v) is 1.98. The van der Waals surface area contributed by atoms with E-state index in [2.05, 4.69) is 9.87 Å². The smallest absolute Gasteiger partial charge is 0.212 e. The zero-order chi connectivity index (χ0) is 8.10. The van der Waals surface area contributed by atoms with Crippen molar-refractivity contribution in [2.24, 2.45) is 0 Å². The first kappa shape index (κ1) is 7.97. The molecule has 0 saturated heterocycles. The topological polar surface area (TPSA) is 51.6 Å². The molecule has 1 N–H and O–H groups in total. The third-order valence-electron chi connectivity index (χ3n) is 1.24. The molecule has 0 aromatic carbocycles. The van der Waals surface area contributed by atoms with E-state index in [1.165, 1.54) is 0 Å². The van der Waals surface area contributed by atoms with Crippen molar-refractivity contribution in [2.45, 2.75) is 6.61 Å². The predicted molar refractivity (Wildman–Crippen MR) is 38.2 cm³/mol. The van der Waals surface area contributed by atoms with Crippen molar-refractivity contribution in [3.8, 4) is 5.88 Å². The maximum absolute atomic E-state index is 8.09. The number of hydrogen-bond acceptors (Lipinski definition) is 4. The average molecular weight is 155 g/mol. The summed E-state index contributed by atoms with van der Waals surface area (Å²) in [5.41, 5.74) is 0.799. The van der Waals surface area contributed by atoms with Crippen LogP contribution in [0.2, 0.25) is 0 Å². The Balaban J connectivity index is 2.66. The number of pyridine rings is 1. The lowest BCUT2D eigenvalue weighted by molar-refractivity contribution is -0.253. The molecule has 0 radical (unpaired) electrons. The largest absolute Gasteiger partial charge is 0.481 e. The zero-order valence-corrected chi connectivity index (χ0v) is 6.15. The van der Waals surface area contributed by atoms with Gasteiger partial charge in [0.15, 0.2) is 0 Å². The summed E-state index contributed by atoms with van der Waals surface area (Å²) in [7, 11) is 1.55. The van der Waals surface area contributed by atoms with Gasteiger partial charge in [0.25, 0.3) is 0 Å². The maximum atomic E-state index is 8.09. The lowest BCUT2D eigenvalue weighted by atomic mass is 10.3. The Kier molecular flexibility index (Phi) is 2.83. The third kappa shape index (κ3) is 2.18. The van der Waals surface area contributed by atoms with Gasteiger partial charge in [0.2, 0.25) is 5.88 Å². The van der Waals surface area contributed by atoms with E-state index >= 15 is 0 Å². The molecule has 11 heavy (non-hydrogen) atoms. The predicted octanol–water partition coefficient (Wildman–Crippen LogP) is 1.08. The molecule has 0 atom stereocenters. The van der Waals surface area contributed by atoms with Gasteiger partial charge in [-0.25, -0.2) is 9.87 Å². The van der Waals surface area contributed by atoms with E-state index < -0.39 is 0 Å². The van der Waals surface area contributed by atoms with E-state index in [-0.39, 0.29) is 6.61 Å². The van der Waals surface area contributed by atoms with Gasteiger partial charge in [0.1, 0.15) is 6.61 Å². The second kappa shape index (κ2) is 3.90. The molecule has 1 aromatic rings. The summed E-state index contributed by atoms with van der Waals surface area (Å²) in [6.45, 7) is 0.150. The van der Waals surface area contributed by atoms with Crippen molar-refractivity contribution in [1.82, 2.24) is 4.98 Å². The van der Waals surface area contributed by atoms with Crippen molar-refractivity contribution in [3.05, 3.63) is 23.9 Å². The van der Waals surface area contributed by atoms with Crippen LogP contribution in [0.3, 0.4) is 0 Å². The summed E-state index contributed by atoms with van der Waals surface area (Å²) < 4.78 is 4.83. The number of rotatable bonds is 3. The minimum atomic E-state index is 0.150. The summed E-state index contributed by atoms with van der Waals surface area (Å²) >= 11 is 0. The van der Waals surface area contributed by atoms with Gasteiger partial charge in [-0.3, -0.25) is 5.26 Å². The van der Waals surface area contributed by atoms with Crippen LogP contribution in [0.15, 0.2) is 18.3 Å². The first-order valence-corrected chi connectivity index (χ1v) is 3.12. The van der Waals surface area contributed by atoms with Crippen LogP contribution in [-0.4, -0.2) is 17.4 Å². The van der Waals surface area contributed by atoms with E-state index in [9.17, 15) is 0 Å². The molecule has 1 aromatic heterocycles. The van der Waals surface area contributed by atoms with E-state index in [1.807, 2.05) is 0 Å². The van der Waals surface area contributed by atoms with Crippen LogP contribution in [-0.2, 0) is 11.5 Å². The first-order chi connectivity index (χ1) is 5.36. The van der Waals surface area contributed by atoms with Crippen molar-refractivity contribution < 1.29 is 14.9 Å². The lowest BCUT2D eigenvalue weighted by Crippen LogP contribution is -1.91. The van der Waals surface area contributed by atoms with Crippen LogP contribution in [0.4, 0.5) is 0 Å². The molecule has 1 heterocycles. The van der Waals surface area contributed by atoms with E-state index in [4.69, 9.17) is 9.99 Å². The molecule has 4 heteroatoms. The monoisotopic (exact) mass is 155 g/mol. The van der Waals surface area contributed by atoms with Gasteiger partial charge in [-0.05, 0) is 11.6 Å². The summed E-state index contributed by atoms with van der Waals surface area (Å²) in [6.07, 6.45) is 1.58. The number of methoxy groups -OCH3 is 1. The number of nitrogens with zero attached hydrogens (tertiary/aromatic N) is 1. The van der Waals surface area contributed by atoms with Crippen molar-refractivity contribution in [1.29, 1.82) is 0 Å². The zero-order valence-electron chi connectivity index (χ0n) is 6.15. The molecule has 0 unspecified atom stereocenters. The lowest BCUT2D eigenvalue weighted by Gasteiger charge is -1.99. The SMILES string of the molecule is COc1ccc(COO)cn1. The second-order valence-electron chi connectivity index (χ2n) is 1.98. The Morgan fingerprint density at radius 2 is 2.36 bits per heavy atom. The Labute approximate surface area is 64.3 Å². The number of hydrogen-bond donors (Lipinski definition) is 1. The highest BCUT2D eigenvalue weighted by Gasteiger charge is 1.93. The van der Waals surface area contributed by atoms with Crippen molar-refractivity contribution >= 4 is 0 Å². The quantitative estimate of drug-likeness (QED) is 0.524. The highest BCUT2D eigenvalue weighted by molar-refractivity contribution is 5.16. The minimum absolute atomic E-state index is 0.150. The fourth-order valence-corrected chi connectivity index (χ4v) is 0.692. The van der Waals surface area contributed by atoms with Crippen LogP contribution in [0.25, 0.3) is 0 Å². The van der Waals surface area contributed by atoms with Crippen LogP contribution in [0.5, 0.6) is 5.88 Å². The molecule has 0 fully saturated rings. The molecule has 0 aliphatic rings. The van der Waals surface area contributed by atoms with E-state index in [0.717, 1.165) is 5.56 Å². The molecule has 0 saturated carbocycles. The normalized spacial score (nSPS) is 9.64. The Hall–Kier alpha value is -1.13. The van der Waals surface area contributed by atoms with Gasteiger partial charge in [0.05, 0.1) is 7.11 Å². The molecule has 1 rings (SSSR count). The van der Waals surface area contributed by atoms with Crippen LogP contribution in [0, 0.1) is 0 Å². The highest BCUT2D eigenvalue weighted by atomic mass is 17.1. The molecule has 60 valence electrons. The molecule has 0 aliphatic carbocycles. The Morgan fingerprint density at radius 1 is 1.55 bits per heavy atom. The molecular weight excluding hydrogens is 146 g/mol. The molecule has 0 amide bonds. The van der Waals surface area contributed by atoms with Gasteiger partial charge in [-0.2, -0.15) is 0 Å². The van der Waals surface area contributed by atoms with Gasteiger partial charge in [-0.15, -0.1) is 0 Å². The van der Waals surface area contributed by atoms with E-state index in [0.29, 0.717) is 5.88 Å². The van der Waals surface area contributed by atoms with Crippen LogP contribution >= 0.6 is 0 Å². The molecular formula is C7H9NO3. The minimum Gasteiger partial charge on any atom is -0.481 e. The van der Waals surface area contributed by atoms with Crippen LogP contribution < -0.4 is 4.74 Å². The third-order valence-corrected chi connectivity index (χ3v) is 1.24. The maximum Gasteiger partial charge on any atom is 0.212 e. The molecule has 0 spiro atoms. The summed E-state index contributed by atoms with van der Waals surface area (Å²) in [5.74, 6) is 0.548. The van der Waals surface area contributed by atoms with Gasteiger partial charge < -0.3 is 4.74 Å². The number of aromatic nitrogens is 1. The average Bonchev–Trinajstić information content (AvgIpc) is 2.07. The fraction of sp³-hybridized carbons (Fsp3) is 0.286. The fourth-order valence-electron chi connectivity index (χ4n) is 0.692. The summed E-state index contributed by atoms with van der Waals surface area (Å²) in [5, 5.41) is 8.09. The summed E-state index contributed by atoms with van der Waals surface area (Å²) in [6, 6.07) is 3.47. The van der Waals surface area contributed by atoms with Gasteiger partial charge in [0, 0.05) is 12.3 Å². The molecule has 4 nitrogen and oxygen atoms in total. The highest BCUT2D eigenvalue weighted by Crippen LogP contribution is 2.06. The Morgan fingerprint density at radius 3 is 2.82 bits per heavy atom. The first-order valence-electron chi connectivity index (χ1n) is 3.12. The van der Waals surface area contributed by atoms with Crippen molar-refractivity contribution in [3.63, 3.8) is 0 Å². The Bertz CT molecular complexity index is 209. The molecule has 0 bridgehead atoms. The van der Waals surface area contributed by atoms with Crippen molar-refractivity contribution in [2.75, 3.05) is 7.11 Å². The van der Waals surface area contributed by atoms with Gasteiger partial charge in [-0.1, -0.05) is 0 Å². The number of ether oxygens (including phenoxy) is 1. The van der Waals surface area contributed by atoms with Crippen LogP contribution in [0.1, 0.15) is 5.56 Å². The molecule has 0 aliphatic heterocycles. The van der Waals surface area contributed by atoms with Gasteiger partial charge >= 0.3 is 0 Å². The van der Waals surface area contributed by atoms with E-state index in [1.54, 1.807) is 25.4 Å².